The van der Waals surface area contributed by atoms with E-state index in [-0.39, 0.29) is 16.0 Å². The number of anilines is 1. The Morgan fingerprint density at radius 1 is 1.25 bits per heavy atom. The molecule has 1 aromatic heterocycles. The summed E-state index contributed by atoms with van der Waals surface area (Å²) in [6, 6.07) is 7.74. The molecular weight excluding hydrogens is 412 g/mol. The molecule has 0 spiro atoms. The first-order chi connectivity index (χ1) is 11.2. The van der Waals surface area contributed by atoms with Crippen LogP contribution in [0.25, 0.3) is 0 Å². The lowest BCUT2D eigenvalue weighted by Gasteiger charge is -2.21. The summed E-state index contributed by atoms with van der Waals surface area (Å²) in [5, 5.41) is 4.46. The number of rotatable bonds is 6. The van der Waals surface area contributed by atoms with Crippen molar-refractivity contribution in [1.82, 2.24) is 4.72 Å². The van der Waals surface area contributed by atoms with Crippen LogP contribution in [0.4, 0.5) is 5.69 Å². The summed E-state index contributed by atoms with van der Waals surface area (Å²) >= 11 is 4.52. The van der Waals surface area contributed by atoms with Crippen molar-refractivity contribution in [3.63, 3.8) is 0 Å². The molecule has 0 bridgehead atoms. The first-order valence-electron chi connectivity index (χ1n) is 7.33. The fraction of sp³-hybridized carbons (Fsp3) is 0.312. The predicted octanol–water partition coefficient (Wildman–Crippen LogP) is 3.76. The average Bonchev–Trinajstić information content (AvgIpc) is 3.03. The van der Waals surface area contributed by atoms with Crippen LogP contribution in [-0.4, -0.2) is 20.4 Å². The van der Waals surface area contributed by atoms with Crippen molar-refractivity contribution >= 4 is 48.9 Å². The molecule has 0 fully saturated rings. The number of hydrogen-bond donors (Lipinski definition) is 2. The molecule has 0 saturated carbocycles. The largest absolute Gasteiger partial charge is 0.325 e. The van der Waals surface area contributed by atoms with Crippen molar-refractivity contribution in [3.05, 3.63) is 45.7 Å². The Hall–Kier alpha value is -1.22. The van der Waals surface area contributed by atoms with Gasteiger partial charge in [-0.1, -0.05) is 35.8 Å². The monoisotopic (exact) mass is 430 g/mol. The van der Waals surface area contributed by atoms with Crippen LogP contribution in [0.3, 0.4) is 0 Å². The standard InChI is InChI=1S/C16H19BrN2O3S2/c1-10(2)15(19-24(21,22)14-5-4-8-23-14)16(20)18-12-6-7-13(17)11(3)9-12/h4-10,15,19H,1-3H3,(H,18,20)/t15-/m1/s1. The van der Waals surface area contributed by atoms with E-state index < -0.39 is 16.1 Å². The summed E-state index contributed by atoms with van der Waals surface area (Å²) in [5.74, 6) is -0.580. The lowest BCUT2D eigenvalue weighted by molar-refractivity contribution is -0.118. The van der Waals surface area contributed by atoms with Crippen LogP contribution in [0, 0.1) is 12.8 Å². The zero-order chi connectivity index (χ0) is 17.9. The van der Waals surface area contributed by atoms with Crippen LogP contribution in [0.1, 0.15) is 19.4 Å². The van der Waals surface area contributed by atoms with Crippen molar-refractivity contribution < 1.29 is 13.2 Å². The molecular formula is C16H19BrN2O3S2. The molecule has 8 heteroatoms. The van der Waals surface area contributed by atoms with E-state index in [1.165, 1.54) is 6.07 Å². The highest BCUT2D eigenvalue weighted by molar-refractivity contribution is 9.10. The minimum atomic E-state index is -3.71. The molecule has 1 atom stereocenters. The Morgan fingerprint density at radius 2 is 1.96 bits per heavy atom. The van der Waals surface area contributed by atoms with Gasteiger partial charge in [-0.25, -0.2) is 8.42 Å². The third-order valence-electron chi connectivity index (χ3n) is 3.42. The van der Waals surface area contributed by atoms with Gasteiger partial charge < -0.3 is 5.32 Å². The molecule has 2 rings (SSSR count). The first kappa shape index (κ1) is 19.1. The number of benzene rings is 1. The Balaban J connectivity index is 2.18. The molecule has 2 N–H and O–H groups in total. The molecule has 1 heterocycles. The van der Waals surface area contributed by atoms with E-state index in [2.05, 4.69) is 26.0 Å². The molecule has 2 aromatic rings. The lowest BCUT2D eigenvalue weighted by atomic mass is 10.0. The Labute approximate surface area is 154 Å². The average molecular weight is 431 g/mol. The van der Waals surface area contributed by atoms with E-state index in [0.29, 0.717) is 5.69 Å². The quantitative estimate of drug-likeness (QED) is 0.732. The van der Waals surface area contributed by atoms with Gasteiger partial charge in [0.05, 0.1) is 0 Å². The number of carbonyl (C=O) groups is 1. The first-order valence-corrected chi connectivity index (χ1v) is 10.5. The number of aryl methyl sites for hydroxylation is 1. The number of thiophene rings is 1. The zero-order valence-electron chi connectivity index (χ0n) is 13.5. The van der Waals surface area contributed by atoms with E-state index in [1.807, 2.05) is 19.1 Å². The number of carbonyl (C=O) groups excluding carboxylic acids is 1. The van der Waals surface area contributed by atoms with Gasteiger partial charge in [-0.05, 0) is 48.1 Å². The van der Waals surface area contributed by atoms with Crippen molar-refractivity contribution in [1.29, 1.82) is 0 Å². The fourth-order valence-electron chi connectivity index (χ4n) is 2.08. The normalized spacial score (nSPS) is 13.0. The second kappa shape index (κ2) is 7.77. The molecule has 0 radical (unpaired) electrons. The fourth-order valence-corrected chi connectivity index (χ4v) is 4.68. The Morgan fingerprint density at radius 3 is 2.50 bits per heavy atom. The van der Waals surface area contributed by atoms with Crippen molar-refractivity contribution in [2.75, 3.05) is 5.32 Å². The van der Waals surface area contributed by atoms with Gasteiger partial charge in [0.25, 0.3) is 10.0 Å². The number of sulfonamides is 1. The third-order valence-corrected chi connectivity index (χ3v) is 7.14. The molecule has 0 aliphatic carbocycles. The molecule has 130 valence electrons. The van der Waals surface area contributed by atoms with Gasteiger partial charge in [-0.3, -0.25) is 4.79 Å². The number of amides is 1. The maximum atomic E-state index is 12.6. The van der Waals surface area contributed by atoms with E-state index in [0.717, 1.165) is 21.4 Å². The summed E-state index contributed by atoms with van der Waals surface area (Å²) in [5.41, 5.74) is 1.61. The van der Waals surface area contributed by atoms with Crippen molar-refractivity contribution in [3.8, 4) is 0 Å². The number of hydrogen-bond acceptors (Lipinski definition) is 4. The maximum Gasteiger partial charge on any atom is 0.250 e. The number of halogens is 1. The highest BCUT2D eigenvalue weighted by atomic mass is 79.9. The van der Waals surface area contributed by atoms with Gasteiger partial charge >= 0.3 is 0 Å². The van der Waals surface area contributed by atoms with Crippen LogP contribution in [-0.2, 0) is 14.8 Å². The highest BCUT2D eigenvalue weighted by Gasteiger charge is 2.29. The van der Waals surface area contributed by atoms with E-state index >= 15 is 0 Å². The van der Waals surface area contributed by atoms with Crippen LogP contribution in [0.2, 0.25) is 0 Å². The van der Waals surface area contributed by atoms with Crippen molar-refractivity contribution in [2.24, 2.45) is 5.92 Å². The Kier molecular flexibility index (Phi) is 6.19. The second-order valence-electron chi connectivity index (χ2n) is 5.73. The van der Waals surface area contributed by atoms with Crippen molar-refractivity contribution in [2.45, 2.75) is 31.0 Å². The summed E-state index contributed by atoms with van der Waals surface area (Å²) < 4.78 is 28.4. The lowest BCUT2D eigenvalue weighted by Crippen LogP contribution is -2.46. The van der Waals surface area contributed by atoms with Crippen LogP contribution < -0.4 is 10.0 Å². The van der Waals surface area contributed by atoms with Crippen LogP contribution in [0.5, 0.6) is 0 Å². The molecule has 0 saturated heterocycles. The van der Waals surface area contributed by atoms with Gasteiger partial charge in [0, 0.05) is 10.2 Å². The molecule has 1 aromatic carbocycles. The summed E-state index contributed by atoms with van der Waals surface area (Å²) in [6.07, 6.45) is 0. The Bertz CT molecular complexity index is 818. The maximum absolute atomic E-state index is 12.6. The van der Waals surface area contributed by atoms with Crippen LogP contribution >= 0.6 is 27.3 Å². The molecule has 5 nitrogen and oxygen atoms in total. The summed E-state index contributed by atoms with van der Waals surface area (Å²) in [6.45, 7) is 5.52. The SMILES string of the molecule is Cc1cc(NC(=O)[C@H](NS(=O)(=O)c2cccs2)C(C)C)ccc1Br. The molecule has 1 amide bonds. The summed E-state index contributed by atoms with van der Waals surface area (Å²) in [7, 11) is -3.71. The second-order valence-corrected chi connectivity index (χ2v) is 9.47. The smallest absolute Gasteiger partial charge is 0.250 e. The van der Waals surface area contributed by atoms with E-state index in [1.54, 1.807) is 31.4 Å². The topological polar surface area (TPSA) is 75.3 Å². The van der Waals surface area contributed by atoms with Gasteiger partial charge in [0.2, 0.25) is 5.91 Å². The van der Waals surface area contributed by atoms with Gasteiger partial charge in [0.1, 0.15) is 10.3 Å². The van der Waals surface area contributed by atoms with Gasteiger partial charge in [0.15, 0.2) is 0 Å². The van der Waals surface area contributed by atoms with E-state index in [4.69, 9.17) is 0 Å². The van der Waals surface area contributed by atoms with E-state index in [9.17, 15) is 13.2 Å². The van der Waals surface area contributed by atoms with Gasteiger partial charge in [-0.15, -0.1) is 11.3 Å². The third kappa shape index (κ3) is 4.66. The van der Waals surface area contributed by atoms with Gasteiger partial charge in [-0.2, -0.15) is 4.72 Å². The highest BCUT2D eigenvalue weighted by Crippen LogP contribution is 2.21. The minimum absolute atomic E-state index is 0.195. The number of nitrogens with one attached hydrogen (secondary N) is 2. The van der Waals surface area contributed by atoms with Crippen LogP contribution in [0.15, 0.2) is 44.4 Å². The molecule has 24 heavy (non-hydrogen) atoms. The minimum Gasteiger partial charge on any atom is -0.325 e. The predicted molar refractivity (Wildman–Crippen MR) is 101 cm³/mol. The zero-order valence-corrected chi connectivity index (χ0v) is 16.8. The molecule has 0 unspecified atom stereocenters. The molecule has 0 aliphatic rings. The summed E-state index contributed by atoms with van der Waals surface area (Å²) in [4.78, 5) is 12.6. The molecule has 0 aliphatic heterocycles.